The van der Waals surface area contributed by atoms with Gasteiger partial charge in [0.1, 0.15) is 5.75 Å². The zero-order valence-electron chi connectivity index (χ0n) is 18.2. The van der Waals surface area contributed by atoms with E-state index in [0.717, 1.165) is 22.0 Å². The van der Waals surface area contributed by atoms with Gasteiger partial charge in [0.15, 0.2) is 6.61 Å². The SMILES string of the molecule is O=C(O)COc1ccc(Cl)cc1C1c2ccccc2CN1C(=O)CCn1ncc2ccccc21. The van der Waals surface area contributed by atoms with E-state index in [1.54, 1.807) is 29.3 Å². The number of ether oxygens (including phenoxy) is 1. The summed E-state index contributed by atoms with van der Waals surface area (Å²) in [6, 6.07) is 20.4. The van der Waals surface area contributed by atoms with Gasteiger partial charge in [0.05, 0.1) is 24.3 Å². The number of fused-ring (bicyclic) bond motifs is 2. The summed E-state index contributed by atoms with van der Waals surface area (Å²) in [4.78, 5) is 26.4. The molecule has 0 saturated heterocycles. The Morgan fingerprint density at radius 3 is 2.71 bits per heavy atom. The van der Waals surface area contributed by atoms with Gasteiger partial charge >= 0.3 is 5.97 Å². The molecule has 8 heteroatoms. The molecule has 4 aromatic rings. The van der Waals surface area contributed by atoms with Crippen LogP contribution < -0.4 is 4.74 Å². The maximum Gasteiger partial charge on any atom is 0.341 e. The standard InChI is InChI=1S/C26H22ClN3O4/c27-19-9-10-23(34-16-25(32)33)21(13-19)26-20-7-3-1-6-18(20)15-29(26)24(31)11-12-30-22-8-4-2-5-17(22)14-28-30/h1-10,13-14,26H,11-12,15-16H2,(H,32,33). The summed E-state index contributed by atoms with van der Waals surface area (Å²) in [5.41, 5.74) is 3.66. The van der Waals surface area contributed by atoms with Crippen molar-refractivity contribution in [2.75, 3.05) is 6.61 Å². The Morgan fingerprint density at radius 2 is 1.85 bits per heavy atom. The molecule has 0 bridgehead atoms. The van der Waals surface area contributed by atoms with Crippen LogP contribution in [0.2, 0.25) is 5.02 Å². The first-order valence-corrected chi connectivity index (χ1v) is 11.3. The molecule has 1 unspecified atom stereocenters. The molecule has 1 amide bonds. The highest BCUT2D eigenvalue weighted by molar-refractivity contribution is 6.30. The zero-order chi connectivity index (χ0) is 23.7. The lowest BCUT2D eigenvalue weighted by atomic mass is 9.97. The Bertz CT molecular complexity index is 1380. The number of amides is 1. The highest BCUT2D eigenvalue weighted by atomic mass is 35.5. The molecule has 0 radical (unpaired) electrons. The van der Waals surface area contributed by atoms with Gasteiger partial charge in [0.25, 0.3) is 0 Å². The first kappa shape index (κ1) is 22.0. The third-order valence-electron chi connectivity index (χ3n) is 6.03. The summed E-state index contributed by atoms with van der Waals surface area (Å²) in [5, 5.41) is 15.0. The van der Waals surface area contributed by atoms with Crippen LogP contribution in [0.5, 0.6) is 5.75 Å². The van der Waals surface area contributed by atoms with Crippen molar-refractivity contribution in [3.05, 3.63) is 94.6 Å². The molecule has 34 heavy (non-hydrogen) atoms. The van der Waals surface area contributed by atoms with Gasteiger partial charge in [-0.15, -0.1) is 0 Å². The predicted molar refractivity (Wildman–Crippen MR) is 128 cm³/mol. The first-order valence-electron chi connectivity index (χ1n) is 10.9. The van der Waals surface area contributed by atoms with Crippen LogP contribution in [0.25, 0.3) is 10.9 Å². The van der Waals surface area contributed by atoms with Crippen LogP contribution in [0, 0.1) is 0 Å². The molecular weight excluding hydrogens is 454 g/mol. The molecule has 1 aliphatic rings. The number of carbonyl (C=O) groups excluding carboxylic acids is 1. The molecule has 0 fully saturated rings. The average Bonchev–Trinajstić information content (AvgIpc) is 3.43. The smallest absolute Gasteiger partial charge is 0.341 e. The lowest BCUT2D eigenvalue weighted by molar-refractivity contribution is -0.139. The molecule has 0 spiro atoms. The van der Waals surface area contributed by atoms with Gasteiger partial charge in [0, 0.05) is 28.9 Å². The largest absolute Gasteiger partial charge is 0.482 e. The van der Waals surface area contributed by atoms with Crippen molar-refractivity contribution in [3.63, 3.8) is 0 Å². The van der Waals surface area contributed by atoms with E-state index in [-0.39, 0.29) is 12.3 Å². The fraction of sp³-hybridized carbons (Fsp3) is 0.192. The van der Waals surface area contributed by atoms with Crippen molar-refractivity contribution in [3.8, 4) is 5.75 Å². The topological polar surface area (TPSA) is 84.7 Å². The number of rotatable bonds is 7. The average molecular weight is 476 g/mol. The van der Waals surface area contributed by atoms with Crippen LogP contribution in [0.3, 0.4) is 0 Å². The van der Waals surface area contributed by atoms with Crippen LogP contribution in [-0.4, -0.2) is 38.3 Å². The summed E-state index contributed by atoms with van der Waals surface area (Å²) >= 11 is 6.31. The van der Waals surface area contributed by atoms with E-state index >= 15 is 0 Å². The molecule has 0 aliphatic carbocycles. The van der Waals surface area contributed by atoms with Crippen molar-refractivity contribution >= 4 is 34.4 Å². The van der Waals surface area contributed by atoms with E-state index in [1.807, 2.05) is 53.2 Å². The normalized spacial score (nSPS) is 14.9. The van der Waals surface area contributed by atoms with Crippen molar-refractivity contribution in [1.29, 1.82) is 0 Å². The van der Waals surface area contributed by atoms with Gasteiger partial charge < -0.3 is 14.7 Å². The summed E-state index contributed by atoms with van der Waals surface area (Å²) in [6.45, 7) is 0.414. The van der Waals surface area contributed by atoms with Crippen molar-refractivity contribution < 1.29 is 19.4 Å². The summed E-state index contributed by atoms with van der Waals surface area (Å²) < 4.78 is 7.41. The quantitative estimate of drug-likeness (QED) is 0.419. The van der Waals surface area contributed by atoms with Crippen LogP contribution in [0.4, 0.5) is 0 Å². The second-order valence-corrected chi connectivity index (χ2v) is 8.60. The molecule has 0 saturated carbocycles. The fourth-order valence-corrected chi connectivity index (χ4v) is 4.69. The summed E-state index contributed by atoms with van der Waals surface area (Å²) in [6.07, 6.45) is 2.06. The monoisotopic (exact) mass is 475 g/mol. The number of nitrogens with zero attached hydrogens (tertiary/aromatic N) is 3. The van der Waals surface area contributed by atoms with Crippen molar-refractivity contribution in [1.82, 2.24) is 14.7 Å². The number of carbonyl (C=O) groups is 2. The molecule has 1 aromatic heterocycles. The number of aryl methyl sites for hydroxylation is 1. The fourth-order valence-electron chi connectivity index (χ4n) is 4.51. The first-order chi connectivity index (χ1) is 16.5. The van der Waals surface area contributed by atoms with E-state index in [4.69, 9.17) is 21.4 Å². The Morgan fingerprint density at radius 1 is 1.06 bits per heavy atom. The minimum atomic E-state index is -1.08. The highest BCUT2D eigenvalue weighted by Gasteiger charge is 2.36. The van der Waals surface area contributed by atoms with Gasteiger partial charge in [-0.3, -0.25) is 9.48 Å². The van der Waals surface area contributed by atoms with E-state index < -0.39 is 18.6 Å². The highest BCUT2D eigenvalue weighted by Crippen LogP contribution is 2.43. The predicted octanol–water partition coefficient (Wildman–Crippen LogP) is 4.68. The Hall–Kier alpha value is -3.84. The molecule has 172 valence electrons. The molecule has 1 N–H and O–H groups in total. The van der Waals surface area contributed by atoms with Gasteiger partial charge in [-0.1, -0.05) is 54.1 Å². The lowest BCUT2D eigenvalue weighted by Crippen LogP contribution is -2.31. The third kappa shape index (κ3) is 4.22. The minimum Gasteiger partial charge on any atom is -0.482 e. The molecule has 1 aliphatic heterocycles. The molecule has 5 rings (SSSR count). The number of benzene rings is 3. The number of carboxylic acid groups (broad SMARTS) is 1. The second kappa shape index (κ2) is 9.19. The van der Waals surface area contributed by atoms with E-state index in [1.165, 1.54) is 0 Å². The molecule has 7 nitrogen and oxygen atoms in total. The summed E-state index contributed by atoms with van der Waals surface area (Å²) in [7, 11) is 0. The Labute approximate surface area is 201 Å². The van der Waals surface area contributed by atoms with E-state index in [9.17, 15) is 9.59 Å². The number of carboxylic acids is 1. The molecule has 1 atom stereocenters. The summed E-state index contributed by atoms with van der Waals surface area (Å²) in [5.74, 6) is -0.721. The maximum absolute atomic E-state index is 13.5. The molecule has 3 aromatic carbocycles. The Kier molecular flexibility index (Phi) is 5.94. The van der Waals surface area contributed by atoms with Gasteiger partial charge in [-0.05, 0) is 35.4 Å². The van der Waals surface area contributed by atoms with Gasteiger partial charge in [0.2, 0.25) is 5.91 Å². The minimum absolute atomic E-state index is 0.0371. The van der Waals surface area contributed by atoms with Crippen LogP contribution in [0.1, 0.15) is 29.2 Å². The van der Waals surface area contributed by atoms with E-state index in [0.29, 0.717) is 29.4 Å². The molecular formula is C26H22ClN3O4. The third-order valence-corrected chi connectivity index (χ3v) is 6.26. The van der Waals surface area contributed by atoms with Gasteiger partial charge in [-0.25, -0.2) is 4.79 Å². The van der Waals surface area contributed by atoms with Crippen LogP contribution in [-0.2, 0) is 22.7 Å². The van der Waals surface area contributed by atoms with Crippen LogP contribution >= 0.6 is 11.6 Å². The number of para-hydroxylation sites is 1. The van der Waals surface area contributed by atoms with Crippen LogP contribution in [0.15, 0.2) is 72.9 Å². The number of aliphatic carboxylic acids is 1. The number of hydrogen-bond acceptors (Lipinski definition) is 4. The lowest BCUT2D eigenvalue weighted by Gasteiger charge is -2.27. The van der Waals surface area contributed by atoms with Gasteiger partial charge in [-0.2, -0.15) is 5.10 Å². The zero-order valence-corrected chi connectivity index (χ0v) is 19.0. The van der Waals surface area contributed by atoms with Crippen molar-refractivity contribution in [2.45, 2.75) is 25.6 Å². The maximum atomic E-state index is 13.5. The number of hydrogen-bond donors (Lipinski definition) is 1. The van der Waals surface area contributed by atoms with Crippen molar-refractivity contribution in [2.24, 2.45) is 0 Å². The number of halogens is 1. The second-order valence-electron chi connectivity index (χ2n) is 8.16. The number of aromatic nitrogens is 2. The molecule has 2 heterocycles. The van der Waals surface area contributed by atoms with E-state index in [2.05, 4.69) is 5.10 Å². The Balaban J connectivity index is 1.46.